The molecule has 1 fully saturated rings. The van der Waals surface area contributed by atoms with Crippen molar-refractivity contribution in [2.45, 2.75) is 91.5 Å². The van der Waals surface area contributed by atoms with Crippen LogP contribution in [0.1, 0.15) is 73.1 Å². The van der Waals surface area contributed by atoms with Crippen molar-refractivity contribution in [3.05, 3.63) is 23.8 Å². The van der Waals surface area contributed by atoms with Gasteiger partial charge in [-0.1, -0.05) is 39.0 Å². The largest absolute Gasteiger partial charge is 0.462 e. The Hall–Kier alpha value is -1.62. The second-order valence-corrected chi connectivity index (χ2v) is 10.3. The van der Waals surface area contributed by atoms with Crippen molar-refractivity contribution >= 4 is 11.9 Å². The zero-order chi connectivity index (χ0) is 22.1. The Kier molecular flexibility index (Phi) is 7.11. The highest BCUT2D eigenvalue weighted by Crippen LogP contribution is 2.45. The summed E-state index contributed by atoms with van der Waals surface area (Å²) in [6, 6.07) is 0. The number of carbonyl (C=O) groups excluding carboxylic acids is 2. The summed E-state index contributed by atoms with van der Waals surface area (Å²) in [5.41, 5.74) is 0.785. The standard InChI is InChI=1S/C25H38O5/c1-6-25(4,5)24(28)30-21-12-15(2)11-17-8-7-16(3)20(23(17)21)10-9-19-13-18(26)14-22(27)29-19/h7-8,11,15-16,18-21,23,26H,6,9-10,12-14H2,1-5H3/t15-,16+,18-,19-,20+,21+,23-/m1/s1. The van der Waals surface area contributed by atoms with E-state index in [0.29, 0.717) is 24.2 Å². The van der Waals surface area contributed by atoms with E-state index in [0.717, 1.165) is 25.7 Å². The maximum absolute atomic E-state index is 12.9. The maximum Gasteiger partial charge on any atom is 0.311 e. The smallest absolute Gasteiger partial charge is 0.311 e. The lowest BCUT2D eigenvalue weighted by Gasteiger charge is -2.44. The summed E-state index contributed by atoms with van der Waals surface area (Å²) >= 11 is 0. The van der Waals surface area contributed by atoms with Crippen LogP contribution >= 0.6 is 0 Å². The zero-order valence-corrected chi connectivity index (χ0v) is 19.1. The summed E-state index contributed by atoms with van der Waals surface area (Å²) in [4.78, 5) is 24.6. The number of ether oxygens (including phenoxy) is 2. The average molecular weight is 419 g/mol. The molecular formula is C25H38O5. The van der Waals surface area contributed by atoms with E-state index in [9.17, 15) is 14.7 Å². The van der Waals surface area contributed by atoms with Crippen molar-refractivity contribution in [3.63, 3.8) is 0 Å². The Morgan fingerprint density at radius 1 is 1.27 bits per heavy atom. The summed E-state index contributed by atoms with van der Waals surface area (Å²) in [7, 11) is 0. The number of allylic oxidation sites excluding steroid dienone is 3. The molecule has 0 radical (unpaired) electrons. The van der Waals surface area contributed by atoms with E-state index in [2.05, 4.69) is 32.1 Å². The van der Waals surface area contributed by atoms with Crippen LogP contribution in [0.4, 0.5) is 0 Å². The van der Waals surface area contributed by atoms with Gasteiger partial charge in [0.05, 0.1) is 17.9 Å². The van der Waals surface area contributed by atoms with Crippen molar-refractivity contribution < 1.29 is 24.2 Å². The number of cyclic esters (lactones) is 1. The molecular weight excluding hydrogens is 380 g/mol. The molecule has 168 valence electrons. The monoisotopic (exact) mass is 418 g/mol. The van der Waals surface area contributed by atoms with Crippen LogP contribution in [0.3, 0.4) is 0 Å². The SMILES string of the molecule is CCC(C)(C)C(=O)O[C@H]1C[C@H](C)C=C2C=C[C@H](C)[C@H](CC[C@@H]3C[C@@H](O)CC(=O)O3)[C@@H]21. The van der Waals surface area contributed by atoms with Gasteiger partial charge in [0.25, 0.3) is 0 Å². The molecule has 0 aromatic carbocycles. The Morgan fingerprint density at radius 3 is 2.67 bits per heavy atom. The first-order chi connectivity index (χ1) is 14.1. The molecule has 3 rings (SSSR count). The molecule has 1 heterocycles. The van der Waals surface area contributed by atoms with Crippen LogP contribution in [0.25, 0.3) is 0 Å². The Morgan fingerprint density at radius 2 is 2.00 bits per heavy atom. The van der Waals surface area contributed by atoms with E-state index >= 15 is 0 Å². The lowest BCUT2D eigenvalue weighted by Crippen LogP contribution is -2.43. The van der Waals surface area contributed by atoms with Crippen LogP contribution in [0.2, 0.25) is 0 Å². The molecule has 0 aromatic rings. The fourth-order valence-electron chi connectivity index (χ4n) is 5.08. The molecule has 5 nitrogen and oxygen atoms in total. The van der Waals surface area contributed by atoms with Crippen molar-refractivity contribution in [3.8, 4) is 0 Å². The third-order valence-corrected chi connectivity index (χ3v) is 7.35. The molecule has 7 atom stereocenters. The van der Waals surface area contributed by atoms with E-state index in [1.54, 1.807) is 0 Å². The van der Waals surface area contributed by atoms with Gasteiger partial charge in [-0.05, 0) is 62.9 Å². The summed E-state index contributed by atoms with van der Waals surface area (Å²) in [6.45, 7) is 10.3. The van der Waals surface area contributed by atoms with Crippen molar-refractivity contribution in [2.24, 2.45) is 29.1 Å². The first-order valence-electron chi connectivity index (χ1n) is 11.6. The van der Waals surface area contributed by atoms with Crippen LogP contribution in [-0.4, -0.2) is 35.4 Å². The quantitative estimate of drug-likeness (QED) is 0.639. The topological polar surface area (TPSA) is 72.8 Å². The third-order valence-electron chi connectivity index (χ3n) is 7.35. The number of rotatable bonds is 6. The van der Waals surface area contributed by atoms with Crippen molar-refractivity contribution in [1.29, 1.82) is 0 Å². The molecule has 5 heteroatoms. The minimum absolute atomic E-state index is 0.0949. The number of hydrogen-bond donors (Lipinski definition) is 1. The lowest BCUT2D eigenvalue weighted by molar-refractivity contribution is -0.166. The molecule has 0 unspecified atom stereocenters. The van der Waals surface area contributed by atoms with Gasteiger partial charge in [-0.25, -0.2) is 0 Å². The van der Waals surface area contributed by atoms with E-state index in [1.165, 1.54) is 5.57 Å². The molecule has 0 spiro atoms. The molecule has 30 heavy (non-hydrogen) atoms. The predicted octanol–water partition coefficient (Wildman–Crippen LogP) is 4.59. The number of fused-ring (bicyclic) bond motifs is 1. The number of aliphatic hydroxyl groups is 1. The molecule has 1 saturated heterocycles. The van der Waals surface area contributed by atoms with Gasteiger partial charge in [0.2, 0.25) is 0 Å². The zero-order valence-electron chi connectivity index (χ0n) is 19.1. The molecule has 3 aliphatic rings. The number of esters is 2. The Bertz CT molecular complexity index is 706. The minimum atomic E-state index is -0.601. The summed E-state index contributed by atoms with van der Waals surface area (Å²) < 4.78 is 11.6. The highest BCUT2D eigenvalue weighted by Gasteiger charge is 2.43. The number of carbonyl (C=O) groups is 2. The molecule has 1 aliphatic heterocycles. The molecule has 1 N–H and O–H groups in total. The van der Waals surface area contributed by atoms with Crippen LogP contribution < -0.4 is 0 Å². The Labute approximate surface area is 180 Å². The minimum Gasteiger partial charge on any atom is -0.462 e. The van der Waals surface area contributed by atoms with Crippen LogP contribution in [0, 0.1) is 29.1 Å². The van der Waals surface area contributed by atoms with Gasteiger partial charge in [0.15, 0.2) is 0 Å². The van der Waals surface area contributed by atoms with Crippen molar-refractivity contribution in [1.82, 2.24) is 0 Å². The second kappa shape index (κ2) is 9.25. The fourth-order valence-corrected chi connectivity index (χ4v) is 5.08. The van der Waals surface area contributed by atoms with Gasteiger partial charge in [0.1, 0.15) is 12.2 Å². The highest BCUT2D eigenvalue weighted by molar-refractivity contribution is 5.76. The summed E-state index contributed by atoms with van der Waals surface area (Å²) in [5.74, 6) is 0.776. The lowest BCUT2D eigenvalue weighted by atomic mass is 9.65. The summed E-state index contributed by atoms with van der Waals surface area (Å²) in [6.07, 6.45) is 9.61. The second-order valence-electron chi connectivity index (χ2n) is 10.3. The predicted molar refractivity (Wildman–Crippen MR) is 115 cm³/mol. The fraction of sp³-hybridized carbons (Fsp3) is 0.760. The van der Waals surface area contributed by atoms with Gasteiger partial charge in [0, 0.05) is 12.3 Å². The number of hydrogen-bond acceptors (Lipinski definition) is 5. The molecule has 0 aromatic heterocycles. The summed E-state index contributed by atoms with van der Waals surface area (Å²) in [5, 5.41) is 9.92. The van der Waals surface area contributed by atoms with Crippen LogP contribution in [0.5, 0.6) is 0 Å². The molecule has 0 bridgehead atoms. The molecule has 0 amide bonds. The third kappa shape index (κ3) is 5.16. The van der Waals surface area contributed by atoms with Crippen LogP contribution in [0.15, 0.2) is 23.8 Å². The van der Waals surface area contributed by atoms with Gasteiger partial charge in [-0.2, -0.15) is 0 Å². The molecule has 2 aliphatic carbocycles. The first-order valence-corrected chi connectivity index (χ1v) is 11.6. The van der Waals surface area contributed by atoms with Gasteiger partial charge < -0.3 is 14.6 Å². The van der Waals surface area contributed by atoms with Gasteiger partial charge in [-0.3, -0.25) is 9.59 Å². The normalized spacial score (nSPS) is 36.5. The van der Waals surface area contributed by atoms with Crippen LogP contribution in [-0.2, 0) is 19.1 Å². The Balaban J connectivity index is 1.76. The van der Waals surface area contributed by atoms with E-state index < -0.39 is 11.5 Å². The van der Waals surface area contributed by atoms with E-state index in [-0.39, 0.29) is 36.5 Å². The van der Waals surface area contributed by atoms with E-state index in [1.807, 2.05) is 20.8 Å². The molecule has 0 saturated carbocycles. The van der Waals surface area contributed by atoms with Crippen molar-refractivity contribution in [2.75, 3.05) is 0 Å². The van der Waals surface area contributed by atoms with Gasteiger partial charge >= 0.3 is 11.9 Å². The highest BCUT2D eigenvalue weighted by atomic mass is 16.6. The van der Waals surface area contributed by atoms with Gasteiger partial charge in [-0.15, -0.1) is 0 Å². The maximum atomic E-state index is 12.9. The first kappa shape index (κ1) is 23.1. The van der Waals surface area contributed by atoms with E-state index in [4.69, 9.17) is 9.47 Å². The average Bonchev–Trinajstić information content (AvgIpc) is 2.66. The number of aliphatic hydroxyl groups excluding tert-OH is 1.